The van der Waals surface area contributed by atoms with E-state index in [1.54, 1.807) is 22.2 Å². The summed E-state index contributed by atoms with van der Waals surface area (Å²) < 4.78 is 2.67. The molecule has 0 aliphatic rings. The molecule has 0 aliphatic carbocycles. The number of carboxylic acids is 1. The molecule has 0 aliphatic heterocycles. The van der Waals surface area contributed by atoms with Crippen LogP contribution in [0.2, 0.25) is 0 Å². The average Bonchev–Trinajstić information content (AvgIpc) is 2.77. The van der Waals surface area contributed by atoms with Crippen LogP contribution < -0.4 is 0 Å². The molecule has 1 N–H and O–H groups in total. The molecule has 5 nitrogen and oxygen atoms in total. The third-order valence-corrected chi connectivity index (χ3v) is 3.83. The van der Waals surface area contributed by atoms with Crippen molar-refractivity contribution in [3.8, 4) is 0 Å². The Bertz CT molecular complexity index is 508. The third kappa shape index (κ3) is 2.67. The van der Waals surface area contributed by atoms with Crippen LogP contribution in [0.1, 0.15) is 10.6 Å². The fourth-order valence-electron chi connectivity index (χ4n) is 1.24. The van der Waals surface area contributed by atoms with Gasteiger partial charge in [0.15, 0.2) is 0 Å². The summed E-state index contributed by atoms with van der Waals surface area (Å²) in [5, 5.41) is 18.2. The lowest BCUT2D eigenvalue weighted by Gasteiger charge is -1.97. The van der Waals surface area contributed by atoms with Crippen molar-refractivity contribution >= 4 is 33.2 Å². The molecule has 0 radical (unpaired) electrons. The summed E-state index contributed by atoms with van der Waals surface area (Å²) >= 11 is 5.04. The minimum atomic E-state index is -0.899. The molecule has 0 spiro atoms. The Morgan fingerprint density at radius 1 is 1.62 bits per heavy atom. The van der Waals surface area contributed by atoms with Crippen molar-refractivity contribution in [2.45, 2.75) is 13.0 Å². The molecule has 2 rings (SSSR count). The van der Waals surface area contributed by atoms with E-state index in [9.17, 15) is 4.79 Å². The first-order chi connectivity index (χ1) is 7.65. The number of rotatable bonds is 4. The topological polar surface area (TPSA) is 68.0 Å². The van der Waals surface area contributed by atoms with Gasteiger partial charge in [0.25, 0.3) is 0 Å². The maximum absolute atomic E-state index is 10.5. The van der Waals surface area contributed by atoms with Crippen LogP contribution in [0.15, 0.2) is 22.1 Å². The van der Waals surface area contributed by atoms with Crippen molar-refractivity contribution in [3.05, 3.63) is 32.7 Å². The Morgan fingerprint density at radius 3 is 3.06 bits per heavy atom. The van der Waals surface area contributed by atoms with Gasteiger partial charge in [0.1, 0.15) is 0 Å². The lowest BCUT2D eigenvalue weighted by atomic mass is 10.3. The number of carboxylic acid groups (broad SMARTS) is 1. The minimum absolute atomic E-state index is 0.0917. The van der Waals surface area contributed by atoms with Crippen molar-refractivity contribution in [3.63, 3.8) is 0 Å². The van der Waals surface area contributed by atoms with Crippen LogP contribution in [-0.4, -0.2) is 26.1 Å². The number of nitrogens with zero attached hydrogens (tertiary/aromatic N) is 3. The molecule has 0 aromatic carbocycles. The Hall–Kier alpha value is -1.21. The van der Waals surface area contributed by atoms with Gasteiger partial charge >= 0.3 is 5.97 Å². The second kappa shape index (κ2) is 4.75. The molecule has 84 valence electrons. The summed E-state index contributed by atoms with van der Waals surface area (Å²) in [6.45, 7) is 0.602. The monoisotopic (exact) mass is 301 g/mol. The maximum Gasteiger partial charge on any atom is 0.309 e. The largest absolute Gasteiger partial charge is 0.481 e. The Morgan fingerprint density at radius 2 is 2.44 bits per heavy atom. The fourth-order valence-corrected chi connectivity index (χ4v) is 2.71. The van der Waals surface area contributed by atoms with Gasteiger partial charge in [0.2, 0.25) is 0 Å². The van der Waals surface area contributed by atoms with Gasteiger partial charge in [-0.3, -0.25) is 4.79 Å². The molecule has 0 bridgehead atoms. The van der Waals surface area contributed by atoms with Crippen LogP contribution in [0.5, 0.6) is 0 Å². The van der Waals surface area contributed by atoms with E-state index in [4.69, 9.17) is 5.11 Å². The standard InChI is InChI=1S/C9H8BrN3O2S/c10-7-1-2-16-8(7)5-13-4-6(11-12-13)3-9(14)15/h1-2,4H,3,5H2,(H,14,15). The van der Waals surface area contributed by atoms with E-state index in [0.29, 0.717) is 12.2 Å². The number of thiophene rings is 1. The van der Waals surface area contributed by atoms with E-state index < -0.39 is 5.97 Å². The first-order valence-corrected chi connectivity index (χ1v) is 6.15. The second-order valence-corrected chi connectivity index (χ2v) is 5.02. The number of aromatic nitrogens is 3. The second-order valence-electron chi connectivity index (χ2n) is 3.17. The molecule has 0 amide bonds. The van der Waals surface area contributed by atoms with Crippen LogP contribution >= 0.6 is 27.3 Å². The molecule has 7 heteroatoms. The van der Waals surface area contributed by atoms with Gasteiger partial charge < -0.3 is 5.11 Å². The van der Waals surface area contributed by atoms with E-state index in [1.807, 2.05) is 11.4 Å². The summed E-state index contributed by atoms with van der Waals surface area (Å²) in [7, 11) is 0. The van der Waals surface area contributed by atoms with Gasteiger partial charge in [-0.2, -0.15) is 0 Å². The average molecular weight is 302 g/mol. The predicted octanol–water partition coefficient (Wildman–Crippen LogP) is 1.78. The SMILES string of the molecule is O=C(O)Cc1cn(Cc2sccc2Br)nn1. The van der Waals surface area contributed by atoms with Crippen molar-refractivity contribution in [2.24, 2.45) is 0 Å². The van der Waals surface area contributed by atoms with Gasteiger partial charge in [-0.05, 0) is 27.4 Å². The number of hydrogen-bond donors (Lipinski definition) is 1. The summed E-state index contributed by atoms with van der Waals surface area (Å²) in [5.41, 5.74) is 0.472. The van der Waals surface area contributed by atoms with E-state index in [0.717, 1.165) is 9.35 Å². The minimum Gasteiger partial charge on any atom is -0.481 e. The number of halogens is 1. The van der Waals surface area contributed by atoms with E-state index in [-0.39, 0.29) is 6.42 Å². The molecule has 2 aromatic heterocycles. The molecule has 0 saturated carbocycles. The van der Waals surface area contributed by atoms with Crippen LogP contribution in [0.4, 0.5) is 0 Å². The highest BCUT2D eigenvalue weighted by Crippen LogP contribution is 2.23. The first-order valence-electron chi connectivity index (χ1n) is 4.48. The summed E-state index contributed by atoms with van der Waals surface area (Å²) in [4.78, 5) is 11.6. The number of hydrogen-bond acceptors (Lipinski definition) is 4. The van der Waals surface area contributed by atoms with Crippen LogP contribution in [0, 0.1) is 0 Å². The van der Waals surface area contributed by atoms with Gasteiger partial charge in [0, 0.05) is 15.5 Å². The van der Waals surface area contributed by atoms with Crippen molar-refractivity contribution in [1.29, 1.82) is 0 Å². The normalized spacial score (nSPS) is 10.6. The van der Waals surface area contributed by atoms with Crippen LogP contribution in [-0.2, 0) is 17.8 Å². The molecule has 2 heterocycles. The predicted molar refractivity (Wildman–Crippen MR) is 62.5 cm³/mol. The first kappa shape index (κ1) is 11.3. The zero-order valence-corrected chi connectivity index (χ0v) is 10.5. The molecular weight excluding hydrogens is 294 g/mol. The lowest BCUT2D eigenvalue weighted by Crippen LogP contribution is -2.00. The van der Waals surface area contributed by atoms with E-state index in [1.165, 1.54) is 0 Å². The van der Waals surface area contributed by atoms with Crippen molar-refractivity contribution < 1.29 is 9.90 Å². The number of aliphatic carboxylic acids is 1. The lowest BCUT2D eigenvalue weighted by molar-refractivity contribution is -0.136. The smallest absolute Gasteiger partial charge is 0.309 e. The molecule has 0 fully saturated rings. The molecule has 16 heavy (non-hydrogen) atoms. The summed E-state index contributed by atoms with van der Waals surface area (Å²) in [5.74, 6) is -0.899. The van der Waals surface area contributed by atoms with Crippen LogP contribution in [0.25, 0.3) is 0 Å². The summed E-state index contributed by atoms with van der Waals surface area (Å²) in [6.07, 6.45) is 1.56. The maximum atomic E-state index is 10.5. The van der Waals surface area contributed by atoms with E-state index >= 15 is 0 Å². The molecule has 0 atom stereocenters. The Labute approximate surface area is 104 Å². The van der Waals surface area contributed by atoms with Gasteiger partial charge in [-0.15, -0.1) is 16.4 Å². The van der Waals surface area contributed by atoms with Crippen molar-refractivity contribution in [2.75, 3.05) is 0 Å². The number of carbonyl (C=O) groups is 1. The highest BCUT2D eigenvalue weighted by molar-refractivity contribution is 9.10. The van der Waals surface area contributed by atoms with Crippen molar-refractivity contribution in [1.82, 2.24) is 15.0 Å². The molecule has 0 saturated heterocycles. The Kier molecular flexibility index (Phi) is 3.35. The molecule has 0 unspecified atom stereocenters. The highest BCUT2D eigenvalue weighted by Gasteiger charge is 2.07. The summed E-state index contributed by atoms with van der Waals surface area (Å²) in [6, 6.07) is 1.97. The molecule has 2 aromatic rings. The van der Waals surface area contributed by atoms with Gasteiger partial charge in [-0.25, -0.2) is 4.68 Å². The third-order valence-electron chi connectivity index (χ3n) is 1.92. The van der Waals surface area contributed by atoms with Gasteiger partial charge in [-0.1, -0.05) is 5.21 Å². The quantitative estimate of drug-likeness (QED) is 0.934. The fraction of sp³-hybridized carbons (Fsp3) is 0.222. The zero-order valence-electron chi connectivity index (χ0n) is 8.13. The Balaban J connectivity index is 2.08. The highest BCUT2D eigenvalue weighted by atomic mass is 79.9. The van der Waals surface area contributed by atoms with Gasteiger partial charge in [0.05, 0.1) is 18.7 Å². The van der Waals surface area contributed by atoms with Crippen LogP contribution in [0.3, 0.4) is 0 Å². The molecular formula is C9H8BrN3O2S. The van der Waals surface area contributed by atoms with E-state index in [2.05, 4.69) is 26.2 Å². The zero-order chi connectivity index (χ0) is 11.5.